The van der Waals surface area contributed by atoms with Gasteiger partial charge in [-0.25, -0.2) is 4.39 Å². The molecule has 0 spiro atoms. The SMILES string of the molecule is COc1ccc(NC(=O)c2ccc(=O)n(Cc3ccccc3F)c2)c([N+](=O)[O-])c1. The Bertz CT molecular complexity index is 1140. The lowest BCUT2D eigenvalue weighted by molar-refractivity contribution is -0.384. The van der Waals surface area contributed by atoms with Gasteiger partial charge in [0.15, 0.2) is 0 Å². The molecule has 3 rings (SSSR count). The highest BCUT2D eigenvalue weighted by Crippen LogP contribution is 2.29. The lowest BCUT2D eigenvalue weighted by Crippen LogP contribution is -2.23. The lowest BCUT2D eigenvalue weighted by atomic mass is 10.2. The van der Waals surface area contributed by atoms with Crippen LogP contribution in [0.3, 0.4) is 0 Å². The summed E-state index contributed by atoms with van der Waals surface area (Å²) in [6, 6.07) is 12.5. The van der Waals surface area contributed by atoms with E-state index >= 15 is 0 Å². The molecule has 1 amide bonds. The maximum absolute atomic E-state index is 13.9. The average Bonchev–Trinajstić information content (AvgIpc) is 2.71. The summed E-state index contributed by atoms with van der Waals surface area (Å²) in [5.74, 6) is -0.850. The number of amides is 1. The van der Waals surface area contributed by atoms with Crippen LogP contribution in [0.15, 0.2) is 65.6 Å². The molecule has 0 aliphatic heterocycles. The summed E-state index contributed by atoms with van der Waals surface area (Å²) in [4.78, 5) is 35.3. The molecule has 0 aliphatic rings. The molecule has 3 aromatic rings. The summed E-state index contributed by atoms with van der Waals surface area (Å²) >= 11 is 0. The molecule has 1 aromatic heterocycles. The number of nitro groups is 1. The number of hydrogen-bond donors (Lipinski definition) is 1. The number of rotatable bonds is 6. The van der Waals surface area contributed by atoms with Gasteiger partial charge in [-0.15, -0.1) is 0 Å². The molecule has 0 saturated heterocycles. The van der Waals surface area contributed by atoms with E-state index in [1.807, 2.05) is 0 Å². The van der Waals surface area contributed by atoms with E-state index in [9.17, 15) is 24.1 Å². The Morgan fingerprint density at radius 2 is 1.97 bits per heavy atom. The Kier molecular flexibility index (Phi) is 5.68. The summed E-state index contributed by atoms with van der Waals surface area (Å²) in [6.07, 6.45) is 1.28. The van der Waals surface area contributed by atoms with Crippen LogP contribution in [0, 0.1) is 15.9 Å². The van der Waals surface area contributed by atoms with Crippen molar-refractivity contribution in [2.75, 3.05) is 12.4 Å². The Balaban J connectivity index is 1.88. The first-order valence-electron chi connectivity index (χ1n) is 8.46. The zero-order valence-electron chi connectivity index (χ0n) is 15.3. The van der Waals surface area contributed by atoms with Crippen LogP contribution >= 0.6 is 0 Å². The largest absolute Gasteiger partial charge is 0.496 e. The minimum atomic E-state index is -0.652. The molecule has 0 unspecified atom stereocenters. The van der Waals surface area contributed by atoms with E-state index in [0.29, 0.717) is 0 Å². The van der Waals surface area contributed by atoms with Crippen LogP contribution < -0.4 is 15.6 Å². The number of carbonyl (C=O) groups is 1. The van der Waals surface area contributed by atoms with Crippen molar-refractivity contribution in [1.82, 2.24) is 4.57 Å². The van der Waals surface area contributed by atoms with Crippen LogP contribution in [0.2, 0.25) is 0 Å². The van der Waals surface area contributed by atoms with Crippen molar-refractivity contribution in [3.05, 3.63) is 98.2 Å². The number of ether oxygens (including phenoxy) is 1. The number of nitrogens with zero attached hydrogens (tertiary/aromatic N) is 2. The van der Waals surface area contributed by atoms with E-state index in [-0.39, 0.29) is 34.8 Å². The first-order valence-corrected chi connectivity index (χ1v) is 8.46. The van der Waals surface area contributed by atoms with Gasteiger partial charge in [-0.1, -0.05) is 18.2 Å². The number of pyridine rings is 1. The first kappa shape index (κ1) is 19.7. The fraction of sp³-hybridized carbons (Fsp3) is 0.100. The van der Waals surface area contributed by atoms with Gasteiger partial charge < -0.3 is 14.6 Å². The molecule has 8 nitrogen and oxygen atoms in total. The number of halogens is 1. The average molecular weight is 397 g/mol. The van der Waals surface area contributed by atoms with Crippen molar-refractivity contribution in [2.45, 2.75) is 6.54 Å². The minimum Gasteiger partial charge on any atom is -0.496 e. The van der Waals surface area contributed by atoms with E-state index in [1.54, 1.807) is 6.07 Å². The molecule has 0 atom stereocenters. The van der Waals surface area contributed by atoms with E-state index in [0.717, 1.165) is 0 Å². The monoisotopic (exact) mass is 397 g/mol. The highest BCUT2D eigenvalue weighted by molar-refractivity contribution is 6.05. The highest BCUT2D eigenvalue weighted by atomic mass is 19.1. The van der Waals surface area contributed by atoms with Crippen LogP contribution in [0.25, 0.3) is 0 Å². The normalized spacial score (nSPS) is 10.4. The van der Waals surface area contributed by atoms with E-state index in [4.69, 9.17) is 4.74 Å². The van der Waals surface area contributed by atoms with Crippen molar-refractivity contribution in [2.24, 2.45) is 0 Å². The molecule has 1 N–H and O–H groups in total. The minimum absolute atomic E-state index is 0.0207. The molecule has 148 valence electrons. The molecule has 0 bridgehead atoms. The first-order chi connectivity index (χ1) is 13.9. The van der Waals surface area contributed by atoms with Gasteiger partial charge in [-0.2, -0.15) is 0 Å². The van der Waals surface area contributed by atoms with Gasteiger partial charge >= 0.3 is 0 Å². The van der Waals surface area contributed by atoms with Gasteiger partial charge in [-0.3, -0.25) is 19.7 Å². The number of methoxy groups -OCH3 is 1. The molecule has 0 saturated carbocycles. The van der Waals surface area contributed by atoms with Gasteiger partial charge in [-0.05, 0) is 24.3 Å². The Morgan fingerprint density at radius 1 is 1.21 bits per heavy atom. The van der Waals surface area contributed by atoms with Crippen molar-refractivity contribution in [3.63, 3.8) is 0 Å². The second-order valence-corrected chi connectivity index (χ2v) is 6.07. The predicted molar refractivity (Wildman–Crippen MR) is 104 cm³/mol. The number of benzene rings is 2. The summed E-state index contributed by atoms with van der Waals surface area (Å²) in [5.41, 5.74) is -0.394. The molecule has 0 aliphatic carbocycles. The van der Waals surface area contributed by atoms with E-state index < -0.39 is 22.2 Å². The zero-order chi connectivity index (χ0) is 21.0. The van der Waals surface area contributed by atoms with Crippen molar-refractivity contribution in [1.29, 1.82) is 0 Å². The zero-order valence-corrected chi connectivity index (χ0v) is 15.3. The molecule has 29 heavy (non-hydrogen) atoms. The summed E-state index contributed by atoms with van der Waals surface area (Å²) in [5, 5.41) is 13.7. The molecule has 0 fully saturated rings. The molecular formula is C20H16FN3O5. The molecule has 2 aromatic carbocycles. The molecule has 1 heterocycles. The highest BCUT2D eigenvalue weighted by Gasteiger charge is 2.18. The second kappa shape index (κ2) is 8.34. The quantitative estimate of drug-likeness (QED) is 0.508. The number of nitrogens with one attached hydrogen (secondary N) is 1. The topological polar surface area (TPSA) is 103 Å². The van der Waals surface area contributed by atoms with E-state index in [1.165, 1.54) is 66.4 Å². The summed E-state index contributed by atoms with van der Waals surface area (Å²) in [6.45, 7) is -0.0602. The fourth-order valence-electron chi connectivity index (χ4n) is 2.69. The number of aromatic nitrogens is 1. The maximum Gasteiger partial charge on any atom is 0.296 e. The third kappa shape index (κ3) is 4.46. The van der Waals surface area contributed by atoms with Crippen LogP contribution in [0.5, 0.6) is 5.75 Å². The van der Waals surface area contributed by atoms with Crippen molar-refractivity contribution >= 4 is 17.3 Å². The predicted octanol–water partition coefficient (Wildman–Crippen LogP) is 3.20. The molecule has 9 heteroatoms. The standard InChI is InChI=1S/C20H16FN3O5/c1-29-15-7-8-17(18(10-15)24(27)28)22-20(26)14-6-9-19(25)23(12-14)11-13-4-2-3-5-16(13)21/h2-10,12H,11H2,1H3,(H,22,26). The Morgan fingerprint density at radius 3 is 2.66 bits per heavy atom. The fourth-order valence-corrected chi connectivity index (χ4v) is 2.69. The third-order valence-electron chi connectivity index (χ3n) is 4.19. The van der Waals surface area contributed by atoms with Gasteiger partial charge in [0.25, 0.3) is 17.2 Å². The van der Waals surface area contributed by atoms with Crippen LogP contribution in [-0.2, 0) is 6.54 Å². The van der Waals surface area contributed by atoms with Gasteiger partial charge in [0, 0.05) is 17.8 Å². The number of anilines is 1. The molecular weight excluding hydrogens is 381 g/mol. The van der Waals surface area contributed by atoms with Crippen molar-refractivity contribution < 1.29 is 18.8 Å². The maximum atomic E-state index is 13.9. The van der Waals surface area contributed by atoms with Crippen LogP contribution in [0.1, 0.15) is 15.9 Å². The van der Waals surface area contributed by atoms with E-state index in [2.05, 4.69) is 5.32 Å². The van der Waals surface area contributed by atoms with Crippen LogP contribution in [0.4, 0.5) is 15.8 Å². The third-order valence-corrected chi connectivity index (χ3v) is 4.19. The van der Waals surface area contributed by atoms with Gasteiger partial charge in [0.2, 0.25) is 0 Å². The summed E-state index contributed by atoms with van der Waals surface area (Å²) < 4.78 is 20.0. The number of nitro benzene ring substituents is 1. The molecule has 0 radical (unpaired) electrons. The van der Waals surface area contributed by atoms with Crippen LogP contribution in [-0.4, -0.2) is 22.5 Å². The number of carbonyl (C=O) groups excluding carboxylic acids is 1. The Hall–Kier alpha value is -4.01. The smallest absolute Gasteiger partial charge is 0.296 e. The lowest BCUT2D eigenvalue weighted by Gasteiger charge is -2.10. The Labute approximate surface area is 164 Å². The van der Waals surface area contributed by atoms with Gasteiger partial charge in [0.1, 0.15) is 17.3 Å². The van der Waals surface area contributed by atoms with Crippen molar-refractivity contribution in [3.8, 4) is 5.75 Å². The number of hydrogen-bond acceptors (Lipinski definition) is 5. The summed E-state index contributed by atoms with van der Waals surface area (Å²) in [7, 11) is 1.37. The van der Waals surface area contributed by atoms with Gasteiger partial charge in [0.05, 0.1) is 30.2 Å². The second-order valence-electron chi connectivity index (χ2n) is 6.07.